The van der Waals surface area contributed by atoms with Crippen LogP contribution in [0.3, 0.4) is 0 Å². The van der Waals surface area contributed by atoms with Crippen molar-refractivity contribution in [3.8, 4) is 11.3 Å². The quantitative estimate of drug-likeness (QED) is 0.764. The summed E-state index contributed by atoms with van der Waals surface area (Å²) in [4.78, 5) is 4.67. The van der Waals surface area contributed by atoms with Crippen LogP contribution in [0.4, 0.5) is 5.82 Å². The van der Waals surface area contributed by atoms with E-state index >= 15 is 0 Å². The van der Waals surface area contributed by atoms with Crippen molar-refractivity contribution in [2.75, 3.05) is 5.73 Å². The Kier molecular flexibility index (Phi) is 2.36. The zero-order chi connectivity index (χ0) is 13.7. The van der Waals surface area contributed by atoms with Crippen molar-refractivity contribution in [3.05, 3.63) is 53.7 Å². The molecule has 3 aromatic rings. The Morgan fingerprint density at radius 1 is 1.15 bits per heavy atom. The van der Waals surface area contributed by atoms with Gasteiger partial charge in [0.25, 0.3) is 0 Å². The van der Waals surface area contributed by atoms with Crippen LogP contribution in [0.15, 0.2) is 42.6 Å². The lowest BCUT2D eigenvalue weighted by Gasteiger charge is -2.02. The van der Waals surface area contributed by atoms with Crippen LogP contribution in [0.5, 0.6) is 0 Å². The van der Waals surface area contributed by atoms with Gasteiger partial charge in [-0.1, -0.05) is 24.3 Å². The average molecular weight is 263 g/mol. The minimum absolute atomic E-state index is 0.708. The molecule has 3 heteroatoms. The van der Waals surface area contributed by atoms with Crippen molar-refractivity contribution in [3.63, 3.8) is 0 Å². The van der Waals surface area contributed by atoms with Gasteiger partial charge in [0, 0.05) is 11.8 Å². The molecule has 2 aromatic heterocycles. The van der Waals surface area contributed by atoms with Gasteiger partial charge in [0.05, 0.1) is 0 Å². The second-order valence-electron chi connectivity index (χ2n) is 5.67. The molecule has 4 rings (SSSR count). The maximum atomic E-state index is 6.23. The number of nitrogens with zero attached hydrogens (tertiary/aromatic N) is 2. The predicted molar refractivity (Wildman–Crippen MR) is 81.8 cm³/mol. The number of aromatic nitrogens is 2. The highest BCUT2D eigenvalue weighted by Gasteiger charge is 2.23. The van der Waals surface area contributed by atoms with Crippen molar-refractivity contribution < 1.29 is 0 Å². The molecule has 0 spiro atoms. The smallest absolute Gasteiger partial charge is 0.139 e. The zero-order valence-corrected chi connectivity index (χ0v) is 11.5. The molecule has 0 bridgehead atoms. The number of rotatable bonds is 2. The van der Waals surface area contributed by atoms with Gasteiger partial charge in [-0.05, 0) is 48.9 Å². The van der Waals surface area contributed by atoms with Gasteiger partial charge in [-0.15, -0.1) is 0 Å². The molecule has 1 fully saturated rings. The molecule has 20 heavy (non-hydrogen) atoms. The van der Waals surface area contributed by atoms with Crippen molar-refractivity contribution in [2.24, 2.45) is 0 Å². The fourth-order valence-electron chi connectivity index (χ4n) is 2.71. The third kappa shape index (κ3) is 1.78. The highest BCUT2D eigenvalue weighted by atomic mass is 15.1. The standard InChI is InChI=1S/C17H17N3/c1-11-8-9-20-15(10-11)19-16(17(20)18)14-6-4-13(5-7-14)12-2-3-12/h4-10,12H,2-3,18H2,1H3. The van der Waals surface area contributed by atoms with E-state index in [1.807, 2.05) is 16.7 Å². The summed E-state index contributed by atoms with van der Waals surface area (Å²) in [6.45, 7) is 2.06. The SMILES string of the molecule is Cc1ccn2c(N)c(-c3ccc(C4CC4)cc3)nc2c1. The number of anilines is 1. The number of nitrogen functional groups attached to an aromatic ring is 1. The molecule has 1 aliphatic carbocycles. The van der Waals surface area contributed by atoms with E-state index in [1.165, 1.54) is 24.0 Å². The van der Waals surface area contributed by atoms with Crippen molar-refractivity contribution >= 4 is 11.5 Å². The van der Waals surface area contributed by atoms with Crippen LogP contribution in [-0.2, 0) is 0 Å². The summed E-state index contributed by atoms with van der Waals surface area (Å²) < 4.78 is 1.94. The Balaban J connectivity index is 1.82. The van der Waals surface area contributed by atoms with Crippen LogP contribution in [0.2, 0.25) is 0 Å². The lowest BCUT2D eigenvalue weighted by molar-refractivity contribution is 1.13. The summed E-state index contributed by atoms with van der Waals surface area (Å²) in [7, 11) is 0. The first-order valence-corrected chi connectivity index (χ1v) is 7.07. The van der Waals surface area contributed by atoms with Gasteiger partial charge in [0.2, 0.25) is 0 Å². The highest BCUT2D eigenvalue weighted by molar-refractivity contribution is 5.75. The molecule has 0 unspecified atom stereocenters. The Labute approximate surface area is 118 Å². The van der Waals surface area contributed by atoms with Gasteiger partial charge in [-0.25, -0.2) is 4.98 Å². The second kappa shape index (κ2) is 4.10. The number of hydrogen-bond donors (Lipinski definition) is 1. The Morgan fingerprint density at radius 3 is 2.60 bits per heavy atom. The fourth-order valence-corrected chi connectivity index (χ4v) is 2.71. The first-order valence-electron chi connectivity index (χ1n) is 7.07. The normalized spacial score (nSPS) is 14.8. The Morgan fingerprint density at radius 2 is 1.90 bits per heavy atom. The van der Waals surface area contributed by atoms with Crippen LogP contribution < -0.4 is 5.73 Å². The van der Waals surface area contributed by atoms with Crippen LogP contribution in [0, 0.1) is 6.92 Å². The summed E-state index contributed by atoms with van der Waals surface area (Å²) in [5, 5.41) is 0. The first kappa shape index (κ1) is 11.5. The van der Waals surface area contributed by atoms with Gasteiger partial charge < -0.3 is 5.73 Å². The van der Waals surface area contributed by atoms with E-state index in [9.17, 15) is 0 Å². The molecule has 0 atom stereocenters. The number of hydrogen-bond acceptors (Lipinski definition) is 2. The zero-order valence-electron chi connectivity index (χ0n) is 11.5. The van der Waals surface area contributed by atoms with E-state index in [2.05, 4.69) is 42.2 Å². The van der Waals surface area contributed by atoms with Gasteiger partial charge in [-0.3, -0.25) is 4.40 Å². The largest absolute Gasteiger partial charge is 0.383 e. The third-order valence-corrected chi connectivity index (χ3v) is 4.05. The van der Waals surface area contributed by atoms with Crippen molar-refractivity contribution in [1.82, 2.24) is 9.38 Å². The predicted octanol–water partition coefficient (Wildman–Crippen LogP) is 3.77. The first-order chi connectivity index (χ1) is 9.72. The molecule has 3 nitrogen and oxygen atoms in total. The fraction of sp³-hybridized carbons (Fsp3) is 0.235. The molecule has 0 aliphatic heterocycles. The Bertz CT molecular complexity index is 780. The summed E-state index contributed by atoms with van der Waals surface area (Å²) in [6, 6.07) is 12.8. The molecule has 0 radical (unpaired) electrons. The van der Waals surface area contributed by atoms with E-state index in [4.69, 9.17) is 5.73 Å². The minimum Gasteiger partial charge on any atom is -0.383 e. The number of imidazole rings is 1. The lowest BCUT2D eigenvalue weighted by atomic mass is 10.1. The van der Waals surface area contributed by atoms with E-state index in [0.717, 1.165) is 22.8 Å². The maximum absolute atomic E-state index is 6.23. The van der Waals surface area contributed by atoms with Crippen LogP contribution in [0.25, 0.3) is 16.9 Å². The van der Waals surface area contributed by atoms with Crippen LogP contribution in [0.1, 0.15) is 29.9 Å². The Hall–Kier alpha value is -2.29. The van der Waals surface area contributed by atoms with E-state index in [0.29, 0.717) is 5.82 Å². The molecule has 0 saturated heterocycles. The minimum atomic E-state index is 0.708. The molecular formula is C17H17N3. The number of fused-ring (bicyclic) bond motifs is 1. The molecule has 2 heterocycles. The maximum Gasteiger partial charge on any atom is 0.139 e. The number of nitrogens with two attached hydrogens (primary N) is 1. The molecule has 0 amide bonds. The molecule has 1 saturated carbocycles. The summed E-state index contributed by atoms with van der Waals surface area (Å²) in [6.07, 6.45) is 4.64. The topological polar surface area (TPSA) is 43.3 Å². The molecule has 1 aliphatic rings. The number of benzene rings is 1. The third-order valence-electron chi connectivity index (χ3n) is 4.05. The number of aryl methyl sites for hydroxylation is 1. The van der Waals surface area contributed by atoms with Gasteiger partial charge in [0.15, 0.2) is 0 Å². The van der Waals surface area contributed by atoms with Crippen LogP contribution >= 0.6 is 0 Å². The van der Waals surface area contributed by atoms with E-state index < -0.39 is 0 Å². The van der Waals surface area contributed by atoms with E-state index in [1.54, 1.807) is 0 Å². The second-order valence-corrected chi connectivity index (χ2v) is 5.67. The van der Waals surface area contributed by atoms with Crippen LogP contribution in [-0.4, -0.2) is 9.38 Å². The monoisotopic (exact) mass is 263 g/mol. The summed E-state index contributed by atoms with van der Waals surface area (Å²) in [5.74, 6) is 1.49. The molecule has 2 N–H and O–H groups in total. The van der Waals surface area contributed by atoms with E-state index in [-0.39, 0.29) is 0 Å². The van der Waals surface area contributed by atoms with Gasteiger partial charge >= 0.3 is 0 Å². The summed E-state index contributed by atoms with van der Waals surface area (Å²) >= 11 is 0. The summed E-state index contributed by atoms with van der Waals surface area (Å²) in [5.41, 5.74) is 11.7. The van der Waals surface area contributed by atoms with Crippen molar-refractivity contribution in [2.45, 2.75) is 25.7 Å². The average Bonchev–Trinajstić information content (AvgIpc) is 3.25. The lowest BCUT2D eigenvalue weighted by Crippen LogP contribution is -1.94. The highest BCUT2D eigenvalue weighted by Crippen LogP contribution is 2.40. The van der Waals surface area contributed by atoms with Gasteiger partial charge in [-0.2, -0.15) is 0 Å². The van der Waals surface area contributed by atoms with Gasteiger partial charge in [0.1, 0.15) is 17.2 Å². The number of pyridine rings is 1. The molecule has 1 aromatic carbocycles. The molecular weight excluding hydrogens is 246 g/mol. The molecule has 100 valence electrons. The van der Waals surface area contributed by atoms with Crippen molar-refractivity contribution in [1.29, 1.82) is 0 Å².